The molecule has 3 heterocycles. The van der Waals surface area contributed by atoms with E-state index in [2.05, 4.69) is 15.3 Å². The number of halogens is 2. The fourth-order valence-electron chi connectivity index (χ4n) is 4.88. The van der Waals surface area contributed by atoms with Crippen molar-refractivity contribution < 1.29 is 22.3 Å². The Balaban J connectivity index is 1.71. The predicted octanol–water partition coefficient (Wildman–Crippen LogP) is 2.43. The lowest BCUT2D eigenvalue weighted by Crippen LogP contribution is -2.44. The van der Waals surface area contributed by atoms with Gasteiger partial charge in [-0.2, -0.15) is 4.98 Å². The van der Waals surface area contributed by atoms with Gasteiger partial charge in [-0.05, 0) is 38.7 Å². The van der Waals surface area contributed by atoms with Gasteiger partial charge in [0.05, 0.1) is 23.5 Å². The fraction of sp³-hybridized carbons (Fsp3) is 0.667. The van der Waals surface area contributed by atoms with Gasteiger partial charge in [0.25, 0.3) is 12.0 Å². The number of nitrogens with one attached hydrogen (secondary N) is 1. The van der Waals surface area contributed by atoms with Crippen LogP contribution in [0.25, 0.3) is 11.0 Å². The van der Waals surface area contributed by atoms with E-state index in [0.29, 0.717) is 44.2 Å². The van der Waals surface area contributed by atoms with Crippen LogP contribution >= 0.6 is 0 Å². The summed E-state index contributed by atoms with van der Waals surface area (Å²) in [5, 5.41) is 14.4. The average Bonchev–Trinajstić information content (AvgIpc) is 2.73. The third-order valence-corrected chi connectivity index (χ3v) is 8.04. The Hall–Kier alpha value is -2.18. The first kappa shape index (κ1) is 24.0. The number of nitrogens with zero attached hydrogens (tertiary/aromatic N) is 4. The number of pyridine rings is 1. The number of anilines is 1. The summed E-state index contributed by atoms with van der Waals surface area (Å²) in [5.41, 5.74) is -2.52. The van der Waals surface area contributed by atoms with E-state index in [1.165, 1.54) is 21.3 Å². The molecule has 2 aliphatic rings. The van der Waals surface area contributed by atoms with Crippen molar-refractivity contribution in [1.82, 2.24) is 18.8 Å². The van der Waals surface area contributed by atoms with Crippen LogP contribution in [0.4, 0.5) is 14.7 Å². The topological polar surface area (TPSA) is 117 Å². The molecule has 0 bridgehead atoms. The molecule has 2 atom stereocenters. The van der Waals surface area contributed by atoms with Crippen molar-refractivity contribution >= 4 is 27.0 Å². The van der Waals surface area contributed by atoms with Crippen molar-refractivity contribution in [2.45, 2.75) is 69.6 Å². The molecule has 0 unspecified atom stereocenters. The number of rotatable bonds is 5. The maximum Gasteiger partial charge on any atom is 0.269 e. The highest BCUT2D eigenvalue weighted by molar-refractivity contribution is 7.88. The number of aliphatic hydroxyl groups is 1. The maximum atomic E-state index is 13.6. The van der Waals surface area contributed by atoms with Gasteiger partial charge in [-0.15, -0.1) is 0 Å². The number of aromatic nitrogens is 3. The molecule has 33 heavy (non-hydrogen) atoms. The first-order valence-electron chi connectivity index (χ1n) is 11.1. The summed E-state index contributed by atoms with van der Waals surface area (Å²) < 4.78 is 53.3. The molecule has 0 spiro atoms. The summed E-state index contributed by atoms with van der Waals surface area (Å²) in [5.74, 6) is 0.230. The third kappa shape index (κ3) is 4.87. The van der Waals surface area contributed by atoms with Gasteiger partial charge in [-0.1, -0.05) is 12.8 Å². The van der Waals surface area contributed by atoms with Crippen LogP contribution in [0, 0.1) is 0 Å². The van der Waals surface area contributed by atoms with Gasteiger partial charge in [0.2, 0.25) is 16.0 Å². The number of alkyl halides is 2. The number of hydrogen-bond donors (Lipinski definition) is 2. The second kappa shape index (κ2) is 8.88. The highest BCUT2D eigenvalue weighted by Gasteiger charge is 2.38. The van der Waals surface area contributed by atoms with Crippen LogP contribution in [0.3, 0.4) is 0 Å². The molecule has 2 fully saturated rings. The van der Waals surface area contributed by atoms with Gasteiger partial charge in [0, 0.05) is 30.7 Å². The fourth-order valence-corrected chi connectivity index (χ4v) is 5.75. The minimum atomic E-state index is -3.24. The SMILES string of the molecule is C[C@@]1(O)CCCC[C@H]1n1c(=O)c(C(F)F)cc2cnc(NC3CCN(S(C)(=O)=O)CC3)nc21. The molecule has 0 aromatic carbocycles. The molecule has 1 saturated heterocycles. The molecule has 0 radical (unpaired) electrons. The molecule has 0 amide bonds. The van der Waals surface area contributed by atoms with Crippen LogP contribution in [0.1, 0.15) is 63.5 Å². The molecule has 2 N–H and O–H groups in total. The van der Waals surface area contributed by atoms with Crippen LogP contribution in [-0.4, -0.2) is 63.4 Å². The van der Waals surface area contributed by atoms with Crippen LogP contribution < -0.4 is 10.9 Å². The van der Waals surface area contributed by atoms with Crippen molar-refractivity contribution in [3.8, 4) is 0 Å². The van der Waals surface area contributed by atoms with E-state index in [1.54, 1.807) is 6.92 Å². The van der Waals surface area contributed by atoms with E-state index < -0.39 is 39.2 Å². The van der Waals surface area contributed by atoms with Gasteiger partial charge >= 0.3 is 0 Å². The lowest BCUT2D eigenvalue weighted by molar-refractivity contribution is -0.0250. The summed E-state index contributed by atoms with van der Waals surface area (Å²) in [6, 6.07) is 0.365. The maximum absolute atomic E-state index is 13.6. The van der Waals surface area contributed by atoms with Crippen LogP contribution in [-0.2, 0) is 10.0 Å². The van der Waals surface area contributed by atoms with Crippen LogP contribution in [0.2, 0.25) is 0 Å². The largest absolute Gasteiger partial charge is 0.388 e. The number of sulfonamides is 1. The van der Waals surface area contributed by atoms with Crippen molar-refractivity contribution in [3.05, 3.63) is 28.2 Å². The summed E-state index contributed by atoms with van der Waals surface area (Å²) in [6.45, 7) is 2.37. The molecular weight excluding hydrogens is 456 g/mol. The molecule has 12 heteroatoms. The van der Waals surface area contributed by atoms with Gasteiger partial charge in [-0.25, -0.2) is 26.5 Å². The Bertz CT molecular complexity index is 1190. The second-order valence-corrected chi connectivity index (χ2v) is 11.2. The van der Waals surface area contributed by atoms with Gasteiger partial charge in [0.15, 0.2) is 0 Å². The van der Waals surface area contributed by atoms with Gasteiger partial charge < -0.3 is 10.4 Å². The Labute approximate surface area is 190 Å². The van der Waals surface area contributed by atoms with Crippen molar-refractivity contribution in [2.75, 3.05) is 24.7 Å². The quantitative estimate of drug-likeness (QED) is 0.668. The highest BCUT2D eigenvalue weighted by atomic mass is 32.2. The van der Waals surface area contributed by atoms with E-state index in [9.17, 15) is 27.1 Å². The van der Waals surface area contributed by atoms with Gasteiger partial charge in [-0.3, -0.25) is 9.36 Å². The molecule has 4 rings (SSSR count). The highest BCUT2D eigenvalue weighted by Crippen LogP contribution is 2.38. The monoisotopic (exact) mass is 485 g/mol. The molecule has 182 valence electrons. The molecule has 1 aliphatic heterocycles. The Morgan fingerprint density at radius 1 is 1.24 bits per heavy atom. The lowest BCUT2D eigenvalue weighted by Gasteiger charge is -2.38. The first-order valence-corrected chi connectivity index (χ1v) is 13.0. The van der Waals surface area contributed by atoms with Crippen LogP contribution in [0.15, 0.2) is 17.1 Å². The summed E-state index contributed by atoms with van der Waals surface area (Å²) in [7, 11) is -3.24. The summed E-state index contributed by atoms with van der Waals surface area (Å²) in [4.78, 5) is 21.8. The van der Waals surface area contributed by atoms with Crippen molar-refractivity contribution in [3.63, 3.8) is 0 Å². The number of fused-ring (bicyclic) bond motifs is 1. The van der Waals surface area contributed by atoms with E-state index in [1.807, 2.05) is 0 Å². The minimum Gasteiger partial charge on any atom is -0.388 e. The minimum absolute atomic E-state index is 0.0706. The van der Waals surface area contributed by atoms with E-state index >= 15 is 0 Å². The average molecular weight is 486 g/mol. The van der Waals surface area contributed by atoms with Crippen molar-refractivity contribution in [1.29, 1.82) is 0 Å². The number of hydrogen-bond acceptors (Lipinski definition) is 7. The molecule has 2 aromatic rings. The molecule has 1 aliphatic carbocycles. The zero-order valence-electron chi connectivity index (χ0n) is 18.7. The third-order valence-electron chi connectivity index (χ3n) is 6.73. The Morgan fingerprint density at radius 3 is 2.55 bits per heavy atom. The summed E-state index contributed by atoms with van der Waals surface area (Å²) in [6.07, 6.45) is 3.23. The number of piperidine rings is 1. The second-order valence-electron chi connectivity index (χ2n) is 9.25. The van der Waals surface area contributed by atoms with E-state index in [0.717, 1.165) is 18.9 Å². The van der Waals surface area contributed by atoms with E-state index in [4.69, 9.17) is 0 Å². The molecule has 2 aromatic heterocycles. The normalized spacial score (nSPS) is 25.6. The Morgan fingerprint density at radius 2 is 1.94 bits per heavy atom. The zero-order chi connectivity index (χ0) is 24.0. The summed E-state index contributed by atoms with van der Waals surface area (Å²) >= 11 is 0. The zero-order valence-corrected chi connectivity index (χ0v) is 19.5. The van der Waals surface area contributed by atoms with Gasteiger partial charge in [0.1, 0.15) is 5.65 Å². The smallest absolute Gasteiger partial charge is 0.269 e. The molecule has 1 saturated carbocycles. The Kier molecular flexibility index (Phi) is 6.45. The van der Waals surface area contributed by atoms with Crippen molar-refractivity contribution in [2.24, 2.45) is 0 Å². The predicted molar refractivity (Wildman–Crippen MR) is 120 cm³/mol. The van der Waals surface area contributed by atoms with E-state index in [-0.39, 0.29) is 17.6 Å². The molecular formula is C21H29F2N5O4S. The lowest BCUT2D eigenvalue weighted by atomic mass is 9.81. The standard InChI is InChI=1S/C21H29F2N5O4S/c1-21(30)8-4-3-5-16(21)28-18-13(11-15(17(22)23)19(28)29)12-24-20(26-18)25-14-6-9-27(10-7-14)33(2,31)32/h11-12,14,16-17,30H,3-10H2,1-2H3,(H,24,25,26)/t16-,21-/m1/s1. The first-order chi connectivity index (χ1) is 15.5. The molecule has 9 nitrogen and oxygen atoms in total. The van der Waals surface area contributed by atoms with Crippen LogP contribution in [0.5, 0.6) is 0 Å².